The molecule has 0 aliphatic heterocycles. The molecule has 0 spiro atoms. The SMILES string of the molecule is COC(=O)Cc1nc2ccccc2n1C1CC1. The lowest BCUT2D eigenvalue weighted by Gasteiger charge is -2.06. The van der Waals surface area contributed by atoms with Crippen LogP contribution in [0.3, 0.4) is 0 Å². The summed E-state index contributed by atoms with van der Waals surface area (Å²) >= 11 is 0. The fraction of sp³-hybridized carbons (Fsp3) is 0.385. The van der Waals surface area contributed by atoms with Crippen LogP contribution in [0.5, 0.6) is 0 Å². The van der Waals surface area contributed by atoms with E-state index in [-0.39, 0.29) is 12.4 Å². The molecule has 3 rings (SSSR count). The summed E-state index contributed by atoms with van der Waals surface area (Å²) in [7, 11) is 1.41. The zero-order chi connectivity index (χ0) is 11.8. The number of nitrogens with zero attached hydrogens (tertiary/aromatic N) is 2. The van der Waals surface area contributed by atoms with Gasteiger partial charge in [-0.25, -0.2) is 4.98 Å². The molecule has 88 valence electrons. The average Bonchev–Trinajstić information content (AvgIpc) is 3.11. The van der Waals surface area contributed by atoms with Crippen LogP contribution in [0, 0.1) is 0 Å². The van der Waals surface area contributed by atoms with Crippen LogP contribution >= 0.6 is 0 Å². The lowest BCUT2D eigenvalue weighted by molar-refractivity contribution is -0.139. The molecular weight excluding hydrogens is 216 g/mol. The predicted molar refractivity (Wildman–Crippen MR) is 63.7 cm³/mol. The van der Waals surface area contributed by atoms with Gasteiger partial charge in [-0.3, -0.25) is 4.79 Å². The first-order valence-corrected chi connectivity index (χ1v) is 5.82. The van der Waals surface area contributed by atoms with Crippen molar-refractivity contribution >= 4 is 17.0 Å². The summed E-state index contributed by atoms with van der Waals surface area (Å²) in [5.74, 6) is 0.586. The van der Waals surface area contributed by atoms with Crippen molar-refractivity contribution in [2.24, 2.45) is 0 Å². The van der Waals surface area contributed by atoms with Gasteiger partial charge in [0.25, 0.3) is 0 Å². The Bertz CT molecular complexity index is 570. The second-order valence-electron chi connectivity index (χ2n) is 4.37. The molecule has 4 nitrogen and oxygen atoms in total. The largest absolute Gasteiger partial charge is 0.469 e. The highest BCUT2D eigenvalue weighted by molar-refractivity contribution is 5.78. The normalized spacial score (nSPS) is 15.1. The number of methoxy groups -OCH3 is 1. The Morgan fingerprint density at radius 2 is 2.24 bits per heavy atom. The monoisotopic (exact) mass is 230 g/mol. The smallest absolute Gasteiger partial charge is 0.313 e. The van der Waals surface area contributed by atoms with Crippen LogP contribution < -0.4 is 0 Å². The fourth-order valence-electron chi connectivity index (χ4n) is 2.16. The number of esters is 1. The highest BCUT2D eigenvalue weighted by Crippen LogP contribution is 2.38. The number of hydrogen-bond donors (Lipinski definition) is 0. The van der Waals surface area contributed by atoms with Crippen molar-refractivity contribution in [1.82, 2.24) is 9.55 Å². The maximum absolute atomic E-state index is 11.4. The van der Waals surface area contributed by atoms with Gasteiger partial charge in [0.05, 0.1) is 18.1 Å². The zero-order valence-corrected chi connectivity index (χ0v) is 9.72. The van der Waals surface area contributed by atoms with Gasteiger partial charge >= 0.3 is 5.97 Å². The maximum Gasteiger partial charge on any atom is 0.313 e. The van der Waals surface area contributed by atoms with Crippen molar-refractivity contribution in [3.05, 3.63) is 30.1 Å². The number of hydrogen-bond acceptors (Lipinski definition) is 3. The van der Waals surface area contributed by atoms with Crippen molar-refractivity contribution < 1.29 is 9.53 Å². The first-order valence-electron chi connectivity index (χ1n) is 5.82. The molecule has 2 aromatic rings. The van der Waals surface area contributed by atoms with Crippen molar-refractivity contribution in [3.8, 4) is 0 Å². The van der Waals surface area contributed by atoms with E-state index in [0.717, 1.165) is 16.9 Å². The van der Waals surface area contributed by atoms with Crippen LogP contribution in [0.2, 0.25) is 0 Å². The Labute approximate surface area is 99.2 Å². The van der Waals surface area contributed by atoms with Crippen molar-refractivity contribution in [1.29, 1.82) is 0 Å². The summed E-state index contributed by atoms with van der Waals surface area (Å²) in [5, 5.41) is 0. The molecule has 0 bridgehead atoms. The number of carbonyl (C=O) groups is 1. The van der Waals surface area contributed by atoms with Gasteiger partial charge in [0.1, 0.15) is 12.2 Å². The lowest BCUT2D eigenvalue weighted by Crippen LogP contribution is -2.10. The number of rotatable bonds is 3. The molecule has 17 heavy (non-hydrogen) atoms. The summed E-state index contributed by atoms with van der Waals surface area (Å²) in [6.07, 6.45) is 2.60. The molecule has 0 saturated heterocycles. The molecule has 1 saturated carbocycles. The van der Waals surface area contributed by atoms with E-state index in [1.165, 1.54) is 20.0 Å². The molecule has 1 aromatic carbocycles. The quantitative estimate of drug-likeness (QED) is 0.758. The minimum atomic E-state index is -0.234. The first-order chi connectivity index (χ1) is 8.29. The Morgan fingerprint density at radius 3 is 2.94 bits per heavy atom. The molecular formula is C13H14N2O2. The van der Waals surface area contributed by atoms with Gasteiger partial charge in [0.2, 0.25) is 0 Å². The number of ether oxygens (including phenoxy) is 1. The summed E-state index contributed by atoms with van der Waals surface area (Å²) in [5.41, 5.74) is 2.08. The van der Waals surface area contributed by atoms with Gasteiger partial charge in [-0.1, -0.05) is 12.1 Å². The second kappa shape index (κ2) is 3.87. The Kier molecular flexibility index (Phi) is 2.35. The predicted octanol–water partition coefficient (Wildman–Crippen LogP) is 2.09. The highest BCUT2D eigenvalue weighted by Gasteiger charge is 2.28. The standard InChI is InChI=1S/C13H14N2O2/c1-17-13(16)8-12-14-10-4-2-3-5-11(10)15(12)9-6-7-9/h2-5,9H,6-8H2,1H3. The molecule has 0 amide bonds. The van der Waals surface area contributed by atoms with Gasteiger partial charge in [0, 0.05) is 6.04 Å². The number of carbonyl (C=O) groups excluding carboxylic acids is 1. The van der Waals surface area contributed by atoms with Crippen LogP contribution in [0.1, 0.15) is 24.7 Å². The second-order valence-corrected chi connectivity index (χ2v) is 4.37. The number of para-hydroxylation sites is 2. The third-order valence-electron chi connectivity index (χ3n) is 3.11. The number of benzene rings is 1. The molecule has 0 atom stereocenters. The average molecular weight is 230 g/mol. The van der Waals surface area contributed by atoms with Crippen LogP contribution in [-0.4, -0.2) is 22.6 Å². The molecule has 1 fully saturated rings. The summed E-state index contributed by atoms with van der Waals surface area (Å²) in [4.78, 5) is 15.9. The van der Waals surface area contributed by atoms with E-state index in [4.69, 9.17) is 4.74 Å². The Hall–Kier alpha value is -1.84. The highest BCUT2D eigenvalue weighted by atomic mass is 16.5. The van der Waals surface area contributed by atoms with Gasteiger partial charge in [-0.05, 0) is 25.0 Å². The van der Waals surface area contributed by atoms with Crippen molar-refractivity contribution in [2.75, 3.05) is 7.11 Å². The number of aromatic nitrogens is 2. The van der Waals surface area contributed by atoms with Crippen LogP contribution in [0.15, 0.2) is 24.3 Å². The molecule has 1 aliphatic carbocycles. The lowest BCUT2D eigenvalue weighted by atomic mass is 10.3. The van der Waals surface area contributed by atoms with Gasteiger partial charge in [-0.2, -0.15) is 0 Å². The molecule has 1 aliphatic rings. The first kappa shape index (κ1) is 10.3. The van der Waals surface area contributed by atoms with E-state index in [1.807, 2.05) is 18.2 Å². The Balaban J connectivity index is 2.09. The Morgan fingerprint density at radius 1 is 1.47 bits per heavy atom. The van der Waals surface area contributed by atoms with E-state index in [2.05, 4.69) is 15.6 Å². The van der Waals surface area contributed by atoms with Gasteiger partial charge < -0.3 is 9.30 Å². The molecule has 0 unspecified atom stereocenters. The van der Waals surface area contributed by atoms with Crippen LogP contribution in [0.25, 0.3) is 11.0 Å². The summed E-state index contributed by atoms with van der Waals surface area (Å²) in [6.45, 7) is 0. The molecule has 1 heterocycles. The molecule has 1 aromatic heterocycles. The third-order valence-corrected chi connectivity index (χ3v) is 3.11. The van der Waals surface area contributed by atoms with Gasteiger partial charge in [-0.15, -0.1) is 0 Å². The fourth-order valence-corrected chi connectivity index (χ4v) is 2.16. The summed E-state index contributed by atoms with van der Waals surface area (Å²) < 4.78 is 6.90. The molecule has 0 N–H and O–H groups in total. The zero-order valence-electron chi connectivity index (χ0n) is 9.72. The minimum absolute atomic E-state index is 0.234. The van der Waals surface area contributed by atoms with Crippen LogP contribution in [0.4, 0.5) is 0 Å². The van der Waals surface area contributed by atoms with E-state index >= 15 is 0 Å². The van der Waals surface area contributed by atoms with Crippen LogP contribution in [-0.2, 0) is 16.0 Å². The topological polar surface area (TPSA) is 44.1 Å². The van der Waals surface area contributed by atoms with Crippen molar-refractivity contribution in [3.63, 3.8) is 0 Å². The maximum atomic E-state index is 11.4. The third kappa shape index (κ3) is 1.79. The minimum Gasteiger partial charge on any atom is -0.469 e. The number of fused-ring (bicyclic) bond motifs is 1. The van der Waals surface area contributed by atoms with Gasteiger partial charge in [0.15, 0.2) is 0 Å². The number of imidazole rings is 1. The summed E-state index contributed by atoms with van der Waals surface area (Å²) in [6, 6.07) is 8.53. The molecule has 0 radical (unpaired) electrons. The van der Waals surface area contributed by atoms with E-state index in [9.17, 15) is 4.79 Å². The van der Waals surface area contributed by atoms with E-state index < -0.39 is 0 Å². The van der Waals surface area contributed by atoms with E-state index in [0.29, 0.717) is 6.04 Å². The van der Waals surface area contributed by atoms with Crippen molar-refractivity contribution in [2.45, 2.75) is 25.3 Å². The van der Waals surface area contributed by atoms with E-state index in [1.54, 1.807) is 0 Å². The molecule has 4 heteroatoms.